The van der Waals surface area contributed by atoms with Crippen LogP contribution >= 0.6 is 0 Å². The van der Waals surface area contributed by atoms with Crippen LogP contribution in [0.25, 0.3) is 0 Å². The molecule has 1 unspecified atom stereocenters. The van der Waals surface area contributed by atoms with Gasteiger partial charge >= 0.3 is 0 Å². The zero-order chi connectivity index (χ0) is 12.8. The quantitative estimate of drug-likeness (QED) is 0.736. The smallest absolute Gasteiger partial charge is 0.0558 e. The molecule has 1 saturated carbocycles. The van der Waals surface area contributed by atoms with Crippen molar-refractivity contribution >= 4 is 0 Å². The first kappa shape index (κ1) is 13.5. The van der Waals surface area contributed by atoms with Gasteiger partial charge in [-0.25, -0.2) is 0 Å². The molecular weight excluding hydrogens is 224 g/mol. The minimum atomic E-state index is 0.270. The third-order valence-electron chi connectivity index (χ3n) is 3.71. The van der Waals surface area contributed by atoms with Gasteiger partial charge < -0.3 is 10.4 Å². The Morgan fingerprint density at radius 1 is 1.28 bits per heavy atom. The van der Waals surface area contributed by atoms with E-state index in [2.05, 4.69) is 40.5 Å². The maximum atomic E-state index is 9.10. The van der Waals surface area contributed by atoms with E-state index in [1.54, 1.807) is 0 Å². The molecule has 0 aromatic heterocycles. The third kappa shape index (κ3) is 3.80. The van der Waals surface area contributed by atoms with Crippen molar-refractivity contribution in [3.8, 4) is 0 Å². The molecule has 1 fully saturated rings. The summed E-state index contributed by atoms with van der Waals surface area (Å²) in [5.74, 6) is 0. The van der Waals surface area contributed by atoms with Crippen LogP contribution in [0.3, 0.4) is 0 Å². The summed E-state index contributed by atoms with van der Waals surface area (Å²) in [6, 6.07) is 11.7. The largest absolute Gasteiger partial charge is 0.395 e. The molecule has 0 spiro atoms. The summed E-state index contributed by atoms with van der Waals surface area (Å²) < 4.78 is 0. The lowest BCUT2D eigenvalue weighted by atomic mass is 10.0. The summed E-state index contributed by atoms with van der Waals surface area (Å²) in [5.41, 5.74) is 1.35. The highest BCUT2D eigenvalue weighted by atomic mass is 16.3. The Morgan fingerprint density at radius 3 is 2.56 bits per heavy atom. The highest BCUT2D eigenvalue weighted by Crippen LogP contribution is 2.27. The summed E-state index contributed by atoms with van der Waals surface area (Å²) in [6.45, 7) is 2.15. The van der Waals surface area contributed by atoms with Gasteiger partial charge in [-0.1, -0.05) is 30.3 Å². The number of nitrogens with zero attached hydrogens (tertiary/aromatic N) is 1. The molecule has 3 heteroatoms. The van der Waals surface area contributed by atoms with E-state index in [0.29, 0.717) is 6.04 Å². The van der Waals surface area contributed by atoms with Gasteiger partial charge in [-0.2, -0.15) is 0 Å². The number of hydrogen-bond acceptors (Lipinski definition) is 3. The van der Waals surface area contributed by atoms with E-state index in [1.807, 2.05) is 7.05 Å². The molecule has 0 amide bonds. The molecule has 18 heavy (non-hydrogen) atoms. The zero-order valence-corrected chi connectivity index (χ0v) is 11.2. The average Bonchev–Trinajstić information content (AvgIpc) is 3.24. The molecule has 2 rings (SSSR count). The Hall–Kier alpha value is -0.900. The molecule has 1 aromatic carbocycles. The Morgan fingerprint density at radius 2 is 2.00 bits per heavy atom. The molecule has 0 heterocycles. The summed E-state index contributed by atoms with van der Waals surface area (Å²) in [5, 5.41) is 12.5. The lowest BCUT2D eigenvalue weighted by Gasteiger charge is -2.24. The molecular formula is C15H24N2O. The highest BCUT2D eigenvalue weighted by molar-refractivity contribution is 5.18. The third-order valence-corrected chi connectivity index (χ3v) is 3.71. The van der Waals surface area contributed by atoms with Crippen molar-refractivity contribution in [3.05, 3.63) is 35.9 Å². The van der Waals surface area contributed by atoms with E-state index in [0.717, 1.165) is 25.6 Å². The van der Waals surface area contributed by atoms with Gasteiger partial charge in [0.25, 0.3) is 0 Å². The van der Waals surface area contributed by atoms with Crippen molar-refractivity contribution in [3.63, 3.8) is 0 Å². The predicted molar refractivity (Wildman–Crippen MR) is 74.5 cm³/mol. The first-order valence-electron chi connectivity index (χ1n) is 6.92. The van der Waals surface area contributed by atoms with Crippen LogP contribution < -0.4 is 5.32 Å². The lowest BCUT2D eigenvalue weighted by Crippen LogP contribution is -2.32. The van der Waals surface area contributed by atoms with Gasteiger partial charge in [0.2, 0.25) is 0 Å². The molecule has 2 N–H and O–H groups in total. The minimum absolute atomic E-state index is 0.270. The Labute approximate surface area is 110 Å². The maximum Gasteiger partial charge on any atom is 0.0558 e. The number of rotatable bonds is 8. The fraction of sp³-hybridized carbons (Fsp3) is 0.600. The van der Waals surface area contributed by atoms with Crippen LogP contribution in [0.2, 0.25) is 0 Å². The van der Waals surface area contributed by atoms with Crippen LogP contribution in [0.5, 0.6) is 0 Å². The summed E-state index contributed by atoms with van der Waals surface area (Å²) in [6.07, 6.45) is 3.70. The zero-order valence-electron chi connectivity index (χ0n) is 11.2. The van der Waals surface area contributed by atoms with Crippen LogP contribution in [-0.4, -0.2) is 42.8 Å². The lowest BCUT2D eigenvalue weighted by molar-refractivity contribution is 0.183. The standard InChI is InChI=1S/C15H24N2O/c1-16-15(13-5-3-2-4-6-13)9-10-17(11-12-18)14-7-8-14/h2-6,14-16,18H,7-12H2,1H3. The van der Waals surface area contributed by atoms with Crippen molar-refractivity contribution in [2.24, 2.45) is 0 Å². The van der Waals surface area contributed by atoms with Gasteiger partial charge in [-0.3, -0.25) is 4.90 Å². The highest BCUT2D eigenvalue weighted by Gasteiger charge is 2.28. The average molecular weight is 248 g/mol. The van der Waals surface area contributed by atoms with Gasteiger partial charge in [0.1, 0.15) is 0 Å². The van der Waals surface area contributed by atoms with Crippen LogP contribution in [0.1, 0.15) is 30.9 Å². The second-order valence-electron chi connectivity index (χ2n) is 5.03. The van der Waals surface area contributed by atoms with Gasteiger partial charge in [0.05, 0.1) is 6.61 Å². The van der Waals surface area contributed by atoms with Crippen LogP contribution in [0.4, 0.5) is 0 Å². The second-order valence-corrected chi connectivity index (χ2v) is 5.03. The SMILES string of the molecule is CNC(CCN(CCO)C1CC1)c1ccccc1. The van der Waals surface area contributed by atoms with E-state index >= 15 is 0 Å². The molecule has 0 aliphatic heterocycles. The van der Waals surface area contributed by atoms with Crippen molar-refractivity contribution in [2.45, 2.75) is 31.3 Å². The fourth-order valence-corrected chi connectivity index (χ4v) is 2.50. The first-order valence-corrected chi connectivity index (χ1v) is 6.92. The topological polar surface area (TPSA) is 35.5 Å². The molecule has 0 saturated heterocycles. The second kappa shape index (κ2) is 6.88. The number of aliphatic hydroxyl groups excluding tert-OH is 1. The molecule has 3 nitrogen and oxygen atoms in total. The van der Waals surface area contributed by atoms with Crippen molar-refractivity contribution in [1.29, 1.82) is 0 Å². The molecule has 0 bridgehead atoms. The van der Waals surface area contributed by atoms with Gasteiger partial charge in [0.15, 0.2) is 0 Å². The molecule has 100 valence electrons. The predicted octanol–water partition coefficient (Wildman–Crippen LogP) is 1.79. The van der Waals surface area contributed by atoms with E-state index < -0.39 is 0 Å². The van der Waals surface area contributed by atoms with E-state index in [9.17, 15) is 0 Å². The van der Waals surface area contributed by atoms with Gasteiger partial charge in [-0.05, 0) is 31.9 Å². The minimum Gasteiger partial charge on any atom is -0.395 e. The molecule has 1 atom stereocenters. The Bertz CT molecular complexity index is 338. The summed E-state index contributed by atoms with van der Waals surface area (Å²) in [7, 11) is 2.02. The fourth-order valence-electron chi connectivity index (χ4n) is 2.50. The molecule has 0 radical (unpaired) electrons. The summed E-state index contributed by atoms with van der Waals surface area (Å²) in [4.78, 5) is 2.42. The Balaban J connectivity index is 1.86. The molecule has 1 aliphatic rings. The first-order chi connectivity index (χ1) is 8.85. The van der Waals surface area contributed by atoms with E-state index in [1.165, 1.54) is 18.4 Å². The van der Waals surface area contributed by atoms with Crippen molar-refractivity contribution in [1.82, 2.24) is 10.2 Å². The number of aliphatic hydroxyl groups is 1. The number of nitrogens with one attached hydrogen (secondary N) is 1. The van der Waals surface area contributed by atoms with Crippen molar-refractivity contribution < 1.29 is 5.11 Å². The number of hydrogen-bond donors (Lipinski definition) is 2. The molecule has 1 aliphatic carbocycles. The normalized spacial score (nSPS) is 17.1. The monoisotopic (exact) mass is 248 g/mol. The summed E-state index contributed by atoms with van der Waals surface area (Å²) >= 11 is 0. The van der Waals surface area contributed by atoms with Crippen LogP contribution in [-0.2, 0) is 0 Å². The maximum absolute atomic E-state index is 9.10. The van der Waals surface area contributed by atoms with Crippen LogP contribution in [0.15, 0.2) is 30.3 Å². The van der Waals surface area contributed by atoms with Gasteiger partial charge in [-0.15, -0.1) is 0 Å². The van der Waals surface area contributed by atoms with Crippen LogP contribution in [0, 0.1) is 0 Å². The van der Waals surface area contributed by atoms with E-state index in [4.69, 9.17) is 5.11 Å². The van der Waals surface area contributed by atoms with Gasteiger partial charge in [0, 0.05) is 25.2 Å². The molecule has 1 aromatic rings. The van der Waals surface area contributed by atoms with Crippen molar-refractivity contribution in [2.75, 3.05) is 26.7 Å². The Kier molecular flexibility index (Phi) is 5.17. The van der Waals surface area contributed by atoms with E-state index in [-0.39, 0.29) is 6.61 Å². The number of benzene rings is 1.